The van der Waals surface area contributed by atoms with E-state index in [9.17, 15) is 0 Å². The quantitative estimate of drug-likeness (QED) is 0.694. The van der Waals surface area contributed by atoms with Gasteiger partial charge in [-0.05, 0) is 49.9 Å². The fraction of sp³-hybridized carbons (Fsp3) is 1.00. The van der Waals surface area contributed by atoms with Crippen LogP contribution in [0.4, 0.5) is 0 Å². The van der Waals surface area contributed by atoms with Gasteiger partial charge in [0.05, 0.1) is 0 Å². The maximum absolute atomic E-state index is 3.59. The van der Waals surface area contributed by atoms with Crippen molar-refractivity contribution in [3.63, 3.8) is 0 Å². The van der Waals surface area contributed by atoms with Crippen LogP contribution in [0.2, 0.25) is 0 Å². The van der Waals surface area contributed by atoms with Gasteiger partial charge >= 0.3 is 0 Å². The minimum absolute atomic E-state index is 0.960. The maximum Gasteiger partial charge on any atom is 0.0159 e. The van der Waals surface area contributed by atoms with Crippen molar-refractivity contribution in [2.75, 3.05) is 18.4 Å². The third-order valence-corrected chi connectivity index (χ3v) is 5.14. The first-order valence-electron chi connectivity index (χ1n) is 6.67. The normalized spacial score (nSPS) is 39.2. The topological polar surface area (TPSA) is 3.24 Å². The predicted octanol–water partition coefficient (Wildman–Crippen LogP) is 3.28. The Kier molecular flexibility index (Phi) is 3.08. The molecule has 0 radical (unpaired) electrons. The van der Waals surface area contributed by atoms with Gasteiger partial charge in [-0.3, -0.25) is 4.90 Å². The van der Waals surface area contributed by atoms with Crippen molar-refractivity contribution in [2.24, 2.45) is 17.8 Å². The van der Waals surface area contributed by atoms with E-state index in [1.54, 1.807) is 25.7 Å². The molecule has 3 aliphatic carbocycles. The molecule has 3 aliphatic rings. The highest BCUT2D eigenvalue weighted by molar-refractivity contribution is 9.09. The smallest absolute Gasteiger partial charge is 0.0159 e. The molecule has 15 heavy (non-hydrogen) atoms. The van der Waals surface area contributed by atoms with E-state index in [0.717, 1.165) is 29.1 Å². The summed E-state index contributed by atoms with van der Waals surface area (Å²) >= 11 is 3.59. The third-order valence-electron chi connectivity index (χ3n) is 4.79. The summed E-state index contributed by atoms with van der Waals surface area (Å²) in [6.07, 6.45) is 9.14. The van der Waals surface area contributed by atoms with Crippen LogP contribution < -0.4 is 0 Å². The molecule has 0 aromatic rings. The van der Waals surface area contributed by atoms with E-state index >= 15 is 0 Å². The Morgan fingerprint density at radius 3 is 2.47 bits per heavy atom. The molecule has 3 atom stereocenters. The van der Waals surface area contributed by atoms with E-state index in [1.807, 2.05) is 0 Å². The molecule has 0 heterocycles. The third kappa shape index (κ3) is 2.26. The van der Waals surface area contributed by atoms with E-state index in [1.165, 1.54) is 25.9 Å². The molecule has 2 bridgehead atoms. The predicted molar refractivity (Wildman–Crippen MR) is 67.3 cm³/mol. The van der Waals surface area contributed by atoms with Crippen molar-refractivity contribution < 1.29 is 0 Å². The van der Waals surface area contributed by atoms with Gasteiger partial charge in [-0.1, -0.05) is 22.4 Å². The molecule has 0 spiro atoms. The van der Waals surface area contributed by atoms with Crippen LogP contribution in [0, 0.1) is 17.8 Å². The van der Waals surface area contributed by atoms with Crippen LogP contribution in [-0.4, -0.2) is 29.4 Å². The Bertz CT molecular complexity index is 227. The molecule has 0 amide bonds. The summed E-state index contributed by atoms with van der Waals surface area (Å²) in [6.45, 7) is 2.69. The van der Waals surface area contributed by atoms with Gasteiger partial charge in [0.25, 0.3) is 0 Å². The van der Waals surface area contributed by atoms with Gasteiger partial charge in [-0.25, -0.2) is 0 Å². The molecule has 0 aliphatic heterocycles. The molecular formula is C13H22BrN. The Hall–Kier alpha value is 0.440. The average molecular weight is 272 g/mol. The summed E-state index contributed by atoms with van der Waals surface area (Å²) < 4.78 is 0. The van der Waals surface area contributed by atoms with Gasteiger partial charge in [-0.2, -0.15) is 0 Å². The summed E-state index contributed by atoms with van der Waals surface area (Å²) in [5.41, 5.74) is 0. The van der Waals surface area contributed by atoms with Gasteiger partial charge in [0, 0.05) is 24.5 Å². The Morgan fingerprint density at radius 1 is 1.07 bits per heavy atom. The summed E-state index contributed by atoms with van der Waals surface area (Å²) in [4.78, 5) is 2.76. The zero-order valence-electron chi connectivity index (χ0n) is 9.50. The SMILES string of the molecule is BrCCN(CC1CC2CCC1C2)C1CC1. The number of fused-ring (bicyclic) bond motifs is 2. The van der Waals surface area contributed by atoms with Crippen LogP contribution >= 0.6 is 15.9 Å². The lowest BCUT2D eigenvalue weighted by atomic mass is 9.88. The van der Waals surface area contributed by atoms with Crippen LogP contribution in [0.5, 0.6) is 0 Å². The molecule has 0 saturated heterocycles. The highest BCUT2D eigenvalue weighted by Gasteiger charge is 2.41. The van der Waals surface area contributed by atoms with Gasteiger partial charge in [0.2, 0.25) is 0 Å². The number of hydrogen-bond donors (Lipinski definition) is 0. The summed E-state index contributed by atoms with van der Waals surface area (Å²) in [7, 11) is 0. The van der Waals surface area contributed by atoms with Crippen molar-refractivity contribution >= 4 is 15.9 Å². The molecule has 3 rings (SSSR count). The first-order chi connectivity index (χ1) is 7.36. The zero-order chi connectivity index (χ0) is 10.3. The molecule has 2 heteroatoms. The highest BCUT2D eigenvalue weighted by Crippen LogP contribution is 2.49. The summed E-state index contributed by atoms with van der Waals surface area (Å²) in [5, 5.41) is 1.16. The second-order valence-electron chi connectivity index (χ2n) is 5.85. The molecular weight excluding hydrogens is 250 g/mol. The zero-order valence-corrected chi connectivity index (χ0v) is 11.1. The second kappa shape index (κ2) is 4.37. The Balaban J connectivity index is 1.54. The van der Waals surface area contributed by atoms with Crippen molar-refractivity contribution in [3.05, 3.63) is 0 Å². The summed E-state index contributed by atoms with van der Waals surface area (Å²) in [5.74, 6) is 3.28. The highest BCUT2D eigenvalue weighted by atomic mass is 79.9. The molecule has 3 unspecified atom stereocenters. The van der Waals surface area contributed by atoms with Crippen molar-refractivity contribution in [1.82, 2.24) is 4.90 Å². The standard InChI is InChI=1S/C13H22BrN/c14-5-6-15(13-3-4-13)9-12-8-10-1-2-11(12)7-10/h10-13H,1-9H2. The van der Waals surface area contributed by atoms with Gasteiger partial charge < -0.3 is 0 Å². The van der Waals surface area contributed by atoms with E-state index < -0.39 is 0 Å². The number of rotatable bonds is 5. The average Bonchev–Trinajstić information content (AvgIpc) is 2.89. The van der Waals surface area contributed by atoms with Crippen LogP contribution in [0.15, 0.2) is 0 Å². The van der Waals surface area contributed by atoms with Gasteiger partial charge in [-0.15, -0.1) is 0 Å². The summed E-state index contributed by atoms with van der Waals surface area (Å²) in [6, 6.07) is 0.960. The van der Waals surface area contributed by atoms with Crippen LogP contribution in [0.3, 0.4) is 0 Å². The number of halogens is 1. The monoisotopic (exact) mass is 271 g/mol. The fourth-order valence-corrected chi connectivity index (χ4v) is 4.33. The van der Waals surface area contributed by atoms with E-state index in [0.29, 0.717) is 0 Å². The maximum atomic E-state index is 3.59. The molecule has 0 aromatic carbocycles. The van der Waals surface area contributed by atoms with Crippen LogP contribution in [0.25, 0.3) is 0 Å². The van der Waals surface area contributed by atoms with Gasteiger partial charge in [0.1, 0.15) is 0 Å². The first-order valence-corrected chi connectivity index (χ1v) is 7.79. The molecule has 0 aromatic heterocycles. The number of hydrogen-bond acceptors (Lipinski definition) is 1. The molecule has 86 valence electrons. The lowest BCUT2D eigenvalue weighted by molar-refractivity contribution is 0.191. The minimum Gasteiger partial charge on any atom is -0.299 e. The molecule has 0 N–H and O–H groups in total. The van der Waals surface area contributed by atoms with E-state index in [2.05, 4.69) is 20.8 Å². The van der Waals surface area contributed by atoms with Crippen molar-refractivity contribution in [2.45, 2.75) is 44.6 Å². The Labute approximate surface area is 102 Å². The molecule has 3 saturated carbocycles. The number of nitrogens with zero attached hydrogens (tertiary/aromatic N) is 1. The van der Waals surface area contributed by atoms with Crippen molar-refractivity contribution in [1.29, 1.82) is 0 Å². The van der Waals surface area contributed by atoms with Crippen molar-refractivity contribution in [3.8, 4) is 0 Å². The molecule has 3 fully saturated rings. The first kappa shape index (κ1) is 10.6. The largest absolute Gasteiger partial charge is 0.299 e. The van der Waals surface area contributed by atoms with Gasteiger partial charge in [0.15, 0.2) is 0 Å². The molecule has 1 nitrogen and oxygen atoms in total. The van der Waals surface area contributed by atoms with Crippen LogP contribution in [0.1, 0.15) is 38.5 Å². The minimum atomic E-state index is 0.960. The van der Waals surface area contributed by atoms with Crippen LogP contribution in [-0.2, 0) is 0 Å². The Morgan fingerprint density at radius 2 is 1.93 bits per heavy atom. The second-order valence-corrected chi connectivity index (χ2v) is 6.64. The number of alkyl halides is 1. The lowest BCUT2D eigenvalue weighted by Crippen LogP contribution is -2.35. The van der Waals surface area contributed by atoms with E-state index in [-0.39, 0.29) is 0 Å². The fourth-order valence-electron chi connectivity index (χ4n) is 3.87. The lowest BCUT2D eigenvalue weighted by Gasteiger charge is -2.29. The van der Waals surface area contributed by atoms with E-state index in [4.69, 9.17) is 0 Å².